The Balaban J connectivity index is 2.23. The van der Waals surface area contributed by atoms with Crippen molar-refractivity contribution in [3.8, 4) is 0 Å². The topological polar surface area (TPSA) is 23.1 Å². The third kappa shape index (κ3) is 1.47. The quantitative estimate of drug-likeness (QED) is 0.503. The molecule has 0 aliphatic heterocycles. The van der Waals surface area contributed by atoms with Crippen LogP contribution in [0.15, 0.2) is 30.3 Å². The number of hydrogen-bond acceptors (Lipinski definition) is 1. The van der Waals surface area contributed by atoms with Gasteiger partial charge in [-0.2, -0.15) is 0 Å². The Morgan fingerprint density at radius 3 is 2.31 bits per heavy atom. The first-order chi connectivity index (χ1) is 6.21. The van der Waals surface area contributed by atoms with Crippen molar-refractivity contribution in [1.82, 2.24) is 4.65 Å². The van der Waals surface area contributed by atoms with E-state index in [1.807, 2.05) is 30.3 Å². The van der Waals surface area contributed by atoms with Crippen LogP contribution in [0.4, 0.5) is 5.69 Å². The smallest absolute Gasteiger partial charge is 0.132 e. The highest BCUT2D eigenvalue weighted by atomic mass is 16.5. The lowest BCUT2D eigenvalue weighted by atomic mass is 9.91. The van der Waals surface area contributed by atoms with Crippen LogP contribution < -0.4 is 4.65 Å². The average molecular weight is 177 g/mol. The minimum atomic E-state index is -0.194. The van der Waals surface area contributed by atoms with Gasteiger partial charge >= 0.3 is 0 Å². The predicted molar refractivity (Wildman–Crippen MR) is 55.2 cm³/mol. The second-order valence-corrected chi connectivity index (χ2v) is 3.91. The molecule has 1 aliphatic rings. The minimum Gasteiger partial charge on any atom is -0.627 e. The summed E-state index contributed by atoms with van der Waals surface area (Å²) in [5, 5.41) is 12.2. The van der Waals surface area contributed by atoms with Gasteiger partial charge in [0.2, 0.25) is 0 Å². The number of nitrogens with zero attached hydrogens (tertiary/aromatic N) is 1. The fraction of sp³-hybridized carbons (Fsp3) is 0.455. The monoisotopic (exact) mass is 177 g/mol. The van der Waals surface area contributed by atoms with Crippen LogP contribution in [0.1, 0.15) is 19.3 Å². The second-order valence-electron chi connectivity index (χ2n) is 3.91. The van der Waals surface area contributed by atoms with Crippen LogP contribution in [0.3, 0.4) is 0 Å². The molecule has 0 saturated heterocycles. The summed E-state index contributed by atoms with van der Waals surface area (Å²) in [5.41, 5.74) is 0.882. The lowest BCUT2D eigenvalue weighted by Crippen LogP contribution is -2.51. The van der Waals surface area contributed by atoms with Gasteiger partial charge in [-0.25, -0.2) is 0 Å². The van der Waals surface area contributed by atoms with Gasteiger partial charge in [0.05, 0.1) is 13.1 Å². The van der Waals surface area contributed by atoms with Gasteiger partial charge in [-0.1, -0.05) is 18.2 Å². The predicted octanol–water partition coefficient (Wildman–Crippen LogP) is 2.67. The molecule has 1 aliphatic carbocycles. The van der Waals surface area contributed by atoms with E-state index in [1.165, 1.54) is 6.42 Å². The fourth-order valence-electron chi connectivity index (χ4n) is 1.81. The van der Waals surface area contributed by atoms with Crippen molar-refractivity contribution in [2.24, 2.45) is 0 Å². The van der Waals surface area contributed by atoms with Gasteiger partial charge < -0.3 is 9.85 Å². The summed E-state index contributed by atoms with van der Waals surface area (Å²) in [5.74, 6) is 0. The van der Waals surface area contributed by atoms with E-state index in [4.69, 9.17) is 0 Å². The van der Waals surface area contributed by atoms with E-state index in [2.05, 4.69) is 0 Å². The maximum absolute atomic E-state index is 12.2. The first-order valence-corrected chi connectivity index (χ1v) is 4.84. The molecule has 1 fully saturated rings. The Bertz CT molecular complexity index is 277. The molecule has 1 unspecified atom stereocenters. The number of rotatable bonds is 2. The van der Waals surface area contributed by atoms with Crippen molar-refractivity contribution >= 4 is 5.69 Å². The van der Waals surface area contributed by atoms with Gasteiger partial charge in [0.15, 0.2) is 0 Å². The van der Waals surface area contributed by atoms with E-state index in [0.29, 0.717) is 6.04 Å². The number of para-hydroxylation sites is 1. The maximum atomic E-state index is 12.2. The molecule has 2 rings (SSSR count). The number of hydrogen-bond donors (Lipinski definition) is 0. The molecule has 13 heavy (non-hydrogen) atoms. The van der Waals surface area contributed by atoms with Crippen molar-refractivity contribution < 1.29 is 0 Å². The second kappa shape index (κ2) is 3.13. The zero-order chi connectivity index (χ0) is 9.31. The minimum absolute atomic E-state index is 0.194. The van der Waals surface area contributed by atoms with Crippen LogP contribution in [0.2, 0.25) is 0 Å². The molecule has 0 N–H and O–H groups in total. The van der Waals surface area contributed by atoms with Gasteiger partial charge in [0.1, 0.15) is 5.69 Å². The SMILES string of the molecule is C[N+]([O-])(c1ccccc1)C1CCC1. The third-order valence-corrected chi connectivity index (χ3v) is 3.04. The van der Waals surface area contributed by atoms with Crippen molar-refractivity contribution in [3.63, 3.8) is 0 Å². The van der Waals surface area contributed by atoms with Gasteiger partial charge in [-0.15, -0.1) is 0 Å². The standard InChI is InChI=1S/C11H15NO/c1-12(13,11-8-5-9-11)10-6-3-2-4-7-10/h2-4,6-7,11H,5,8-9H2,1H3. The van der Waals surface area contributed by atoms with E-state index in [1.54, 1.807) is 7.05 Å². The van der Waals surface area contributed by atoms with Crippen molar-refractivity contribution in [2.75, 3.05) is 7.05 Å². The Hall–Kier alpha value is -0.860. The molecule has 0 heterocycles. The van der Waals surface area contributed by atoms with Gasteiger partial charge in [-0.05, 0) is 18.6 Å². The summed E-state index contributed by atoms with van der Waals surface area (Å²) < 4.78 is -0.194. The van der Waals surface area contributed by atoms with Crippen molar-refractivity contribution in [3.05, 3.63) is 35.5 Å². The maximum Gasteiger partial charge on any atom is 0.132 e. The van der Waals surface area contributed by atoms with Gasteiger partial charge in [0.25, 0.3) is 0 Å². The summed E-state index contributed by atoms with van der Waals surface area (Å²) >= 11 is 0. The summed E-state index contributed by atoms with van der Waals surface area (Å²) in [6.45, 7) is 0. The van der Waals surface area contributed by atoms with E-state index < -0.39 is 0 Å². The molecule has 0 radical (unpaired) electrons. The largest absolute Gasteiger partial charge is 0.627 e. The molecule has 1 saturated carbocycles. The van der Waals surface area contributed by atoms with Gasteiger partial charge in [-0.3, -0.25) is 0 Å². The number of benzene rings is 1. The summed E-state index contributed by atoms with van der Waals surface area (Å²) in [7, 11) is 1.76. The molecule has 1 aromatic rings. The molecular formula is C11H15NO. The van der Waals surface area contributed by atoms with E-state index in [9.17, 15) is 5.21 Å². The van der Waals surface area contributed by atoms with E-state index in [0.717, 1.165) is 18.5 Å². The molecule has 0 bridgehead atoms. The first-order valence-electron chi connectivity index (χ1n) is 4.84. The van der Waals surface area contributed by atoms with Crippen LogP contribution in [0, 0.1) is 5.21 Å². The molecular weight excluding hydrogens is 162 g/mol. The van der Waals surface area contributed by atoms with Gasteiger partial charge in [0, 0.05) is 12.8 Å². The Labute approximate surface area is 79.0 Å². The van der Waals surface area contributed by atoms with Crippen LogP contribution in [0.25, 0.3) is 0 Å². The highest BCUT2D eigenvalue weighted by Gasteiger charge is 2.32. The van der Waals surface area contributed by atoms with Crippen LogP contribution in [-0.4, -0.2) is 13.1 Å². The summed E-state index contributed by atoms with van der Waals surface area (Å²) in [6.07, 6.45) is 3.37. The third-order valence-electron chi connectivity index (χ3n) is 3.04. The molecule has 2 heteroatoms. The number of hydroxylamine groups is 2. The van der Waals surface area contributed by atoms with Crippen LogP contribution in [-0.2, 0) is 0 Å². The molecule has 70 valence electrons. The zero-order valence-corrected chi connectivity index (χ0v) is 7.94. The fourth-order valence-corrected chi connectivity index (χ4v) is 1.81. The van der Waals surface area contributed by atoms with E-state index >= 15 is 0 Å². The van der Waals surface area contributed by atoms with Crippen molar-refractivity contribution in [2.45, 2.75) is 25.3 Å². The Morgan fingerprint density at radius 1 is 1.23 bits per heavy atom. The zero-order valence-electron chi connectivity index (χ0n) is 7.94. The molecule has 0 aromatic heterocycles. The number of quaternary nitrogens is 1. The lowest BCUT2D eigenvalue weighted by Gasteiger charge is -2.48. The lowest BCUT2D eigenvalue weighted by molar-refractivity contribution is 0.218. The Morgan fingerprint density at radius 2 is 1.85 bits per heavy atom. The molecule has 0 amide bonds. The highest BCUT2D eigenvalue weighted by molar-refractivity contribution is 5.43. The molecule has 1 atom stereocenters. The van der Waals surface area contributed by atoms with Crippen LogP contribution >= 0.6 is 0 Å². The average Bonchev–Trinajstić information content (AvgIpc) is 2.02. The molecule has 0 spiro atoms. The Kier molecular flexibility index (Phi) is 2.10. The normalized spacial score (nSPS) is 22.0. The molecule has 2 nitrogen and oxygen atoms in total. The van der Waals surface area contributed by atoms with Crippen LogP contribution in [0.5, 0.6) is 0 Å². The highest BCUT2D eigenvalue weighted by Crippen LogP contribution is 2.33. The summed E-state index contributed by atoms with van der Waals surface area (Å²) in [4.78, 5) is 0. The first kappa shape index (κ1) is 8.73. The summed E-state index contributed by atoms with van der Waals surface area (Å²) in [6, 6.07) is 9.95. The molecule has 1 aromatic carbocycles. The van der Waals surface area contributed by atoms with E-state index in [-0.39, 0.29) is 4.65 Å². The van der Waals surface area contributed by atoms with Crippen molar-refractivity contribution in [1.29, 1.82) is 0 Å².